The Morgan fingerprint density at radius 2 is 1.50 bits per heavy atom. The van der Waals surface area contributed by atoms with Gasteiger partial charge in [-0.15, -0.1) is 0 Å². The zero-order chi connectivity index (χ0) is 12.3. The predicted molar refractivity (Wildman–Crippen MR) is 46.6 cm³/mol. The molecule has 0 aromatic heterocycles. The lowest BCUT2D eigenvalue weighted by Crippen LogP contribution is -2.30. The van der Waals surface area contributed by atoms with Gasteiger partial charge in [-0.3, -0.25) is 9.59 Å². The standard InChI is InChI=1S/C10H6F4O2/c11-6-3-1-5(2-4-6)8(15)7(12)9(16)10(13)14/h1-4,7,10H. The van der Waals surface area contributed by atoms with Gasteiger partial charge < -0.3 is 0 Å². The van der Waals surface area contributed by atoms with Crippen molar-refractivity contribution in [2.75, 3.05) is 0 Å². The number of carbonyl (C=O) groups is 2. The van der Waals surface area contributed by atoms with Gasteiger partial charge in [0, 0.05) is 5.56 Å². The van der Waals surface area contributed by atoms with E-state index in [1.807, 2.05) is 0 Å². The van der Waals surface area contributed by atoms with Gasteiger partial charge in [-0.25, -0.2) is 17.6 Å². The molecule has 0 saturated carbocycles. The van der Waals surface area contributed by atoms with Crippen LogP contribution in [0.25, 0.3) is 0 Å². The lowest BCUT2D eigenvalue weighted by Gasteiger charge is -2.05. The highest BCUT2D eigenvalue weighted by molar-refractivity contribution is 6.13. The maximum atomic E-state index is 13.0. The molecule has 1 aromatic rings. The average molecular weight is 234 g/mol. The van der Waals surface area contributed by atoms with E-state index < -0.39 is 30.0 Å². The minimum atomic E-state index is -3.54. The molecule has 0 aliphatic heterocycles. The highest BCUT2D eigenvalue weighted by Crippen LogP contribution is 2.11. The summed E-state index contributed by atoms with van der Waals surface area (Å²) < 4.78 is 49.0. The molecule has 0 amide bonds. The van der Waals surface area contributed by atoms with Crippen LogP contribution in [0, 0.1) is 5.82 Å². The number of hydrogen-bond donors (Lipinski definition) is 0. The van der Waals surface area contributed by atoms with Crippen LogP contribution < -0.4 is 0 Å². The first-order valence-corrected chi connectivity index (χ1v) is 4.19. The van der Waals surface area contributed by atoms with Crippen LogP contribution in [0.1, 0.15) is 10.4 Å². The second kappa shape index (κ2) is 4.87. The van der Waals surface area contributed by atoms with Gasteiger partial charge in [0.05, 0.1) is 0 Å². The molecule has 86 valence electrons. The van der Waals surface area contributed by atoms with Crippen LogP contribution in [0.5, 0.6) is 0 Å². The average Bonchev–Trinajstić information content (AvgIpc) is 2.27. The van der Waals surface area contributed by atoms with Crippen molar-refractivity contribution < 1.29 is 27.2 Å². The zero-order valence-electron chi connectivity index (χ0n) is 7.79. The molecule has 0 heterocycles. The molecule has 0 radical (unpaired) electrons. The summed E-state index contributed by atoms with van der Waals surface area (Å²) in [4.78, 5) is 21.7. The fraction of sp³-hybridized carbons (Fsp3) is 0.200. The third-order valence-electron chi connectivity index (χ3n) is 1.82. The Bertz CT molecular complexity index is 400. The maximum Gasteiger partial charge on any atom is 0.299 e. The molecule has 0 fully saturated rings. The number of halogens is 4. The number of rotatable bonds is 4. The quantitative estimate of drug-likeness (QED) is 0.454. The van der Waals surface area contributed by atoms with Crippen molar-refractivity contribution in [3.8, 4) is 0 Å². The fourth-order valence-electron chi connectivity index (χ4n) is 1.00. The molecule has 1 atom stereocenters. The van der Waals surface area contributed by atoms with E-state index in [1.165, 1.54) is 0 Å². The van der Waals surface area contributed by atoms with Crippen LogP contribution in [0.2, 0.25) is 0 Å². The second-order valence-corrected chi connectivity index (χ2v) is 2.94. The van der Waals surface area contributed by atoms with Crippen molar-refractivity contribution in [1.82, 2.24) is 0 Å². The summed E-state index contributed by atoms with van der Waals surface area (Å²) in [5.41, 5.74) is -0.331. The van der Waals surface area contributed by atoms with Crippen molar-refractivity contribution in [1.29, 1.82) is 0 Å². The summed E-state index contributed by atoms with van der Waals surface area (Å²) in [5.74, 6) is -4.15. The summed E-state index contributed by atoms with van der Waals surface area (Å²) in [6.07, 6.45) is -6.45. The minimum absolute atomic E-state index is 0.331. The van der Waals surface area contributed by atoms with Gasteiger partial charge in [0.15, 0.2) is 0 Å². The third-order valence-corrected chi connectivity index (χ3v) is 1.82. The molecule has 16 heavy (non-hydrogen) atoms. The van der Waals surface area contributed by atoms with E-state index in [0.29, 0.717) is 0 Å². The monoisotopic (exact) mass is 234 g/mol. The SMILES string of the molecule is O=C(c1ccc(F)cc1)C(F)C(=O)C(F)F. The van der Waals surface area contributed by atoms with Crippen molar-refractivity contribution in [3.63, 3.8) is 0 Å². The van der Waals surface area contributed by atoms with Crippen LogP contribution in [0.3, 0.4) is 0 Å². The van der Waals surface area contributed by atoms with E-state index in [9.17, 15) is 27.2 Å². The van der Waals surface area contributed by atoms with Crippen molar-refractivity contribution in [2.24, 2.45) is 0 Å². The van der Waals surface area contributed by atoms with Gasteiger partial charge in [-0.1, -0.05) is 0 Å². The zero-order valence-corrected chi connectivity index (χ0v) is 7.79. The highest BCUT2D eigenvalue weighted by Gasteiger charge is 2.33. The molecule has 6 heteroatoms. The summed E-state index contributed by atoms with van der Waals surface area (Å²) >= 11 is 0. The van der Waals surface area contributed by atoms with Gasteiger partial charge in [-0.2, -0.15) is 0 Å². The molecule has 0 N–H and O–H groups in total. The largest absolute Gasteiger partial charge is 0.299 e. The fourth-order valence-corrected chi connectivity index (χ4v) is 1.00. The topological polar surface area (TPSA) is 34.1 Å². The van der Waals surface area contributed by atoms with Crippen LogP contribution in [0.4, 0.5) is 17.6 Å². The summed E-state index contributed by atoms with van der Waals surface area (Å²) in [7, 11) is 0. The second-order valence-electron chi connectivity index (χ2n) is 2.94. The smallest absolute Gasteiger partial charge is 0.290 e. The summed E-state index contributed by atoms with van der Waals surface area (Å²) in [6.45, 7) is 0. The summed E-state index contributed by atoms with van der Waals surface area (Å²) in [6, 6.07) is 3.58. The number of benzene rings is 1. The molecule has 1 rings (SSSR count). The maximum absolute atomic E-state index is 13.0. The van der Waals surface area contributed by atoms with Gasteiger partial charge in [-0.05, 0) is 24.3 Å². The van der Waals surface area contributed by atoms with Crippen LogP contribution >= 0.6 is 0 Å². The molecule has 0 bridgehead atoms. The first kappa shape index (κ1) is 12.4. The molecule has 0 saturated heterocycles. The summed E-state index contributed by atoms with van der Waals surface area (Å²) in [5, 5.41) is 0. The van der Waals surface area contributed by atoms with E-state index >= 15 is 0 Å². The molecular formula is C10H6F4O2. The molecule has 0 spiro atoms. The molecule has 0 aliphatic carbocycles. The number of hydrogen-bond acceptors (Lipinski definition) is 2. The lowest BCUT2D eigenvalue weighted by molar-refractivity contribution is -0.132. The van der Waals surface area contributed by atoms with E-state index in [1.54, 1.807) is 0 Å². The minimum Gasteiger partial charge on any atom is -0.290 e. The number of ketones is 2. The Balaban J connectivity index is 2.86. The molecule has 2 nitrogen and oxygen atoms in total. The van der Waals surface area contributed by atoms with E-state index in [-0.39, 0.29) is 5.56 Å². The highest BCUT2D eigenvalue weighted by atomic mass is 19.3. The Hall–Kier alpha value is -1.72. The normalized spacial score (nSPS) is 12.6. The van der Waals surface area contributed by atoms with Gasteiger partial charge in [0.1, 0.15) is 5.82 Å². The number of alkyl halides is 3. The first-order valence-electron chi connectivity index (χ1n) is 4.19. The van der Waals surface area contributed by atoms with Gasteiger partial charge >= 0.3 is 0 Å². The van der Waals surface area contributed by atoms with Gasteiger partial charge in [0.2, 0.25) is 17.7 Å². The van der Waals surface area contributed by atoms with Gasteiger partial charge in [0.25, 0.3) is 6.43 Å². The third kappa shape index (κ3) is 2.65. The Kier molecular flexibility index (Phi) is 3.76. The lowest BCUT2D eigenvalue weighted by atomic mass is 10.0. The van der Waals surface area contributed by atoms with E-state index in [4.69, 9.17) is 0 Å². The number of Topliss-reactive ketones (excluding diaryl/α,β-unsaturated/α-hetero) is 2. The van der Waals surface area contributed by atoms with E-state index in [2.05, 4.69) is 0 Å². The van der Waals surface area contributed by atoms with Crippen LogP contribution in [-0.4, -0.2) is 24.2 Å². The molecular weight excluding hydrogens is 228 g/mol. The number of carbonyl (C=O) groups excluding carboxylic acids is 2. The Labute approximate surface area is 87.9 Å². The van der Waals surface area contributed by atoms with Crippen molar-refractivity contribution in [3.05, 3.63) is 35.6 Å². The first-order chi connectivity index (χ1) is 7.43. The van der Waals surface area contributed by atoms with Crippen LogP contribution in [0.15, 0.2) is 24.3 Å². The molecule has 0 aliphatic rings. The van der Waals surface area contributed by atoms with Crippen molar-refractivity contribution in [2.45, 2.75) is 12.6 Å². The molecule has 1 aromatic carbocycles. The van der Waals surface area contributed by atoms with E-state index in [0.717, 1.165) is 24.3 Å². The van der Waals surface area contributed by atoms with Crippen LogP contribution in [-0.2, 0) is 4.79 Å². The predicted octanol–water partition coefficient (Wildman–Crippen LogP) is 2.18. The Morgan fingerprint density at radius 3 is 1.94 bits per heavy atom. The van der Waals surface area contributed by atoms with Crippen molar-refractivity contribution >= 4 is 11.6 Å². The Morgan fingerprint density at radius 1 is 1.00 bits per heavy atom. The molecule has 1 unspecified atom stereocenters.